The highest BCUT2D eigenvalue weighted by atomic mass is 16.6. The summed E-state index contributed by atoms with van der Waals surface area (Å²) in [5.41, 5.74) is 0.251. The molecule has 0 radical (unpaired) electrons. The van der Waals surface area contributed by atoms with Crippen LogP contribution in [0, 0.1) is 285 Å². The molecule has 0 aromatic heterocycles. The van der Waals surface area contributed by atoms with E-state index in [1.165, 1.54) is 0 Å². The Morgan fingerprint density at radius 2 is 0.761 bits per heavy atom. The molecule has 5 aromatic carbocycles. The number of anilines is 2. The van der Waals surface area contributed by atoms with Gasteiger partial charge in [-0.05, 0) is 88.5 Å². The summed E-state index contributed by atoms with van der Waals surface area (Å²) in [5, 5.41) is 27.3. The van der Waals surface area contributed by atoms with Gasteiger partial charge < -0.3 is 20.1 Å². The summed E-state index contributed by atoms with van der Waals surface area (Å²) in [7, 11) is 1.13. The first-order chi connectivity index (χ1) is 43.5. The molecular weight excluding hydrogens is 1080 g/mol. The number of benzene rings is 5. The number of esters is 2. The highest BCUT2D eigenvalue weighted by molar-refractivity contribution is 6.19. The zero-order valence-electron chi connectivity index (χ0n) is 45.2. The molecule has 1 atom stereocenters. The first-order valence-electron chi connectivity index (χ1n) is 24.3. The van der Waals surface area contributed by atoms with Gasteiger partial charge in [0.2, 0.25) is 0 Å². The Morgan fingerprint density at radius 1 is 0.375 bits per heavy atom. The maximum atomic E-state index is 13.8. The summed E-state index contributed by atoms with van der Waals surface area (Å²) in [5.74, 6) is 112. The van der Waals surface area contributed by atoms with Crippen molar-refractivity contribution in [2.45, 2.75) is 5.66 Å². The van der Waals surface area contributed by atoms with E-state index >= 15 is 0 Å². The minimum absolute atomic E-state index is 0.285. The van der Waals surface area contributed by atoms with Crippen LogP contribution in [0.2, 0.25) is 0 Å². The van der Waals surface area contributed by atoms with E-state index in [1.54, 1.807) is 24.3 Å². The van der Waals surface area contributed by atoms with Gasteiger partial charge in [-0.2, -0.15) is 5.11 Å². The molecule has 6 rings (SSSR count). The number of nitrogens with zero attached hydrogens (tertiary/aromatic N) is 4. The van der Waals surface area contributed by atoms with Crippen LogP contribution in [-0.2, 0) is 19.1 Å². The molecule has 0 saturated heterocycles. The van der Waals surface area contributed by atoms with E-state index in [2.05, 4.69) is 310 Å². The van der Waals surface area contributed by atoms with Crippen LogP contribution in [0.3, 0.4) is 0 Å². The summed E-state index contributed by atoms with van der Waals surface area (Å²) in [4.78, 5) is 27.4. The Kier molecular flexibility index (Phi) is 25.5. The van der Waals surface area contributed by atoms with Crippen LogP contribution in [0.5, 0.6) is 0 Å². The highest BCUT2D eigenvalue weighted by Crippen LogP contribution is 2.45. The smallest absolute Gasteiger partial charge is 0.379 e. The molecule has 0 amide bonds. The Morgan fingerprint density at radius 3 is 1.22 bits per heavy atom. The van der Waals surface area contributed by atoms with Crippen molar-refractivity contribution in [1.29, 1.82) is 0 Å². The fourth-order valence-corrected chi connectivity index (χ4v) is 6.24. The molecular formula is C78H22N6O4. The number of methoxy groups -OCH3 is 1. The molecule has 0 saturated carbocycles. The quantitative estimate of drug-likeness (QED) is 0.0777. The number of ether oxygens (including phenoxy) is 2. The lowest BCUT2D eigenvalue weighted by molar-refractivity contribution is -0.156. The second-order valence-corrected chi connectivity index (χ2v) is 15.0. The average Bonchev–Trinajstić information content (AvgIpc) is 1.32. The molecule has 1 heterocycles. The molecule has 0 spiro atoms. The van der Waals surface area contributed by atoms with Gasteiger partial charge in [0.25, 0.3) is 0 Å². The van der Waals surface area contributed by atoms with Crippen molar-refractivity contribution >= 4 is 67.6 Å². The summed E-state index contributed by atoms with van der Waals surface area (Å²) < 4.78 is 10.3. The van der Waals surface area contributed by atoms with Gasteiger partial charge in [-0.1, -0.05) is 66.7 Å². The molecule has 0 aliphatic carbocycles. The van der Waals surface area contributed by atoms with Crippen LogP contribution in [0.1, 0.15) is 0 Å². The number of hydrogen-bond acceptors (Lipinski definition) is 10. The van der Waals surface area contributed by atoms with Gasteiger partial charge >= 0.3 is 17.6 Å². The van der Waals surface area contributed by atoms with E-state index in [0.717, 1.165) is 23.3 Å². The molecule has 88 heavy (non-hydrogen) atoms. The summed E-state index contributed by atoms with van der Waals surface area (Å²) in [6, 6.07) is 29.5. The molecule has 0 fully saturated rings. The van der Waals surface area contributed by atoms with Gasteiger partial charge in [-0.3, -0.25) is 0 Å². The monoisotopic (exact) mass is 1110 g/mol. The van der Waals surface area contributed by atoms with Gasteiger partial charge in [0.05, 0.1) is 18.5 Å². The highest BCUT2D eigenvalue weighted by Gasteiger charge is 2.52. The molecule has 388 valence electrons. The maximum Gasteiger partial charge on any atom is 0.379 e. The van der Waals surface area contributed by atoms with E-state index in [1.807, 2.05) is 72.8 Å². The van der Waals surface area contributed by atoms with Gasteiger partial charge in [-0.15, -0.1) is 21.8 Å². The van der Waals surface area contributed by atoms with Crippen molar-refractivity contribution in [3.05, 3.63) is 97.1 Å². The Bertz CT molecular complexity index is 5520. The largest absolute Gasteiger partial charge is 0.465 e. The lowest BCUT2D eigenvalue weighted by Gasteiger charge is -2.36. The number of azo groups is 2. The molecule has 2 N–H and O–H groups in total. The third-order valence-corrected chi connectivity index (χ3v) is 9.64. The first-order valence-corrected chi connectivity index (χ1v) is 24.3. The molecule has 0 bridgehead atoms. The van der Waals surface area contributed by atoms with Crippen LogP contribution in [0.4, 0.5) is 34.1 Å². The molecule has 10 nitrogen and oxygen atoms in total. The van der Waals surface area contributed by atoms with E-state index in [0.29, 0.717) is 33.8 Å². The van der Waals surface area contributed by atoms with Crippen molar-refractivity contribution in [3.8, 4) is 285 Å². The van der Waals surface area contributed by atoms with E-state index in [4.69, 9.17) is 15.9 Å². The SMILES string of the molecule is C#CC#CC#CC#CC#CC#CC#CC#CC#CC#CC#CC#CC#CC#CC#CC#CC#CC#CC#CC#CC#CC#CC#CC#COC(=O)C1(C(=O)OC)Nc2cccc3ccc(/N=N/c4ccc5ccccc5c4/N=N/c4ccccc4)c(c23)N1. The van der Waals surface area contributed by atoms with Crippen molar-refractivity contribution < 1.29 is 19.1 Å². The van der Waals surface area contributed by atoms with E-state index < -0.39 is 17.6 Å². The zero-order valence-corrected chi connectivity index (χ0v) is 45.2. The Hall–Kier alpha value is -16.2. The zero-order chi connectivity index (χ0) is 61.6. The van der Waals surface area contributed by atoms with Crippen LogP contribution in [0.25, 0.3) is 21.5 Å². The number of rotatable bonds is 6. The predicted molar refractivity (Wildman–Crippen MR) is 338 cm³/mol. The van der Waals surface area contributed by atoms with E-state index in [-0.39, 0.29) is 5.69 Å². The van der Waals surface area contributed by atoms with Crippen LogP contribution < -0.4 is 10.6 Å². The van der Waals surface area contributed by atoms with Gasteiger partial charge in [0.15, 0.2) is 0 Å². The van der Waals surface area contributed by atoms with Crippen LogP contribution in [-0.4, -0.2) is 24.7 Å². The van der Waals surface area contributed by atoms with Crippen molar-refractivity contribution in [2.75, 3.05) is 17.7 Å². The average molecular weight is 1110 g/mol. The third kappa shape index (κ3) is 20.9. The number of hydrogen-bond donors (Lipinski definition) is 2. The molecule has 1 unspecified atom stereocenters. The lowest BCUT2D eigenvalue weighted by atomic mass is 9.98. The minimum atomic E-state index is -2.30. The first kappa shape index (κ1) is 61.0. The normalized spacial score (nSPS) is 9.59. The van der Waals surface area contributed by atoms with Crippen LogP contribution >= 0.6 is 0 Å². The fraction of sp³-hybridized carbons (Fsp3) is 0.0256. The van der Waals surface area contributed by atoms with Gasteiger partial charge in [0.1, 0.15) is 23.2 Å². The Labute approximate surface area is 509 Å². The number of nitrogens with one attached hydrogen (secondary N) is 2. The van der Waals surface area contributed by atoms with E-state index in [9.17, 15) is 9.59 Å². The summed E-state index contributed by atoms with van der Waals surface area (Å²) >= 11 is 0. The van der Waals surface area contributed by atoms with Crippen LogP contribution in [0.15, 0.2) is 118 Å². The molecule has 5 aromatic rings. The molecule has 10 heteroatoms. The second-order valence-electron chi connectivity index (χ2n) is 15.0. The number of carbonyl (C=O) groups is 2. The fourth-order valence-electron chi connectivity index (χ4n) is 6.24. The topological polar surface area (TPSA) is 126 Å². The van der Waals surface area contributed by atoms with Gasteiger partial charge in [0, 0.05) is 241 Å². The number of fused-ring (bicyclic) bond motifs is 1. The lowest BCUT2D eigenvalue weighted by Crippen LogP contribution is -2.61. The Balaban J connectivity index is 0.943. The third-order valence-electron chi connectivity index (χ3n) is 9.64. The van der Waals surface area contributed by atoms with Crippen molar-refractivity contribution in [3.63, 3.8) is 0 Å². The predicted octanol–water partition coefficient (Wildman–Crippen LogP) is 7.74. The summed E-state index contributed by atoms with van der Waals surface area (Å²) in [6.07, 6.45) is 7.16. The second kappa shape index (κ2) is 36.8. The standard InChI is InChI=1S/C78H22N6O4/c1-3-4-5-6-7-8-9-10-11-12-13-14-15-16-17-18-19-20-21-22-23-24-25-26-27-28-29-30-31-32-33-34-35-36-37-38-39-40-41-42-43-44-45-46-47-53-65-88-77(86)78(76(85)87-2)79-70-60-54-56-67-62-64-72(75(80-78)73(67)70)83-82-71-63-61-66-55-51-52-59-69(66)74(71)84-81-68-57-49-48-50-58-68/h1,48-52,54-64,79-80H,2H3/b83-82+,84-81+. The molecule has 1 aliphatic heterocycles. The summed E-state index contributed by atoms with van der Waals surface area (Å²) in [6.45, 7) is 0. The minimum Gasteiger partial charge on any atom is -0.465 e. The number of terminal acetylenes is 1. The van der Waals surface area contributed by atoms with Crippen molar-refractivity contribution in [2.24, 2.45) is 20.5 Å². The van der Waals surface area contributed by atoms with Gasteiger partial charge in [-0.25, -0.2) is 9.59 Å². The molecule has 1 aliphatic rings. The van der Waals surface area contributed by atoms with Crippen molar-refractivity contribution in [1.82, 2.24) is 0 Å². The number of carbonyl (C=O) groups excluding carboxylic acids is 2. The maximum absolute atomic E-state index is 13.8.